The molecule has 0 spiro atoms. The van der Waals surface area contributed by atoms with Crippen LogP contribution in [0.4, 0.5) is 20.2 Å². The van der Waals surface area contributed by atoms with E-state index in [9.17, 15) is 13.6 Å². The van der Waals surface area contributed by atoms with E-state index in [1.54, 1.807) is 6.07 Å². The molecule has 2 N–H and O–H groups in total. The van der Waals surface area contributed by atoms with Gasteiger partial charge in [-0.05, 0) is 84.4 Å². The van der Waals surface area contributed by atoms with Crippen LogP contribution in [0.1, 0.15) is 52.7 Å². The predicted molar refractivity (Wildman–Crippen MR) is 121 cm³/mol. The van der Waals surface area contributed by atoms with Gasteiger partial charge in [0.25, 0.3) is 5.91 Å². The molecule has 2 bridgehead atoms. The first-order valence-electron chi connectivity index (χ1n) is 11.3. The van der Waals surface area contributed by atoms with Crippen LogP contribution in [0, 0.1) is 29.4 Å². The Balaban J connectivity index is 1.34. The van der Waals surface area contributed by atoms with E-state index in [0.29, 0.717) is 29.2 Å². The first kappa shape index (κ1) is 19.5. The number of nitrogens with one attached hydrogen (secondary N) is 2. The molecule has 2 fully saturated rings. The fraction of sp³-hybridized carbons (Fsp3) is 0.296. The summed E-state index contributed by atoms with van der Waals surface area (Å²) in [5.41, 5.74) is 4.41. The van der Waals surface area contributed by atoms with E-state index in [4.69, 9.17) is 0 Å². The zero-order chi connectivity index (χ0) is 21.8. The maximum atomic E-state index is 13.5. The predicted octanol–water partition coefficient (Wildman–Crippen LogP) is 6.51. The summed E-state index contributed by atoms with van der Waals surface area (Å²) in [6.45, 7) is 0. The van der Waals surface area contributed by atoms with Gasteiger partial charge in [0.15, 0.2) is 11.6 Å². The van der Waals surface area contributed by atoms with Crippen LogP contribution in [0.25, 0.3) is 0 Å². The van der Waals surface area contributed by atoms with E-state index in [1.165, 1.54) is 36.5 Å². The summed E-state index contributed by atoms with van der Waals surface area (Å²) < 4.78 is 26.7. The van der Waals surface area contributed by atoms with Crippen molar-refractivity contribution in [1.29, 1.82) is 0 Å². The Labute approximate surface area is 185 Å². The number of anilines is 2. The normalized spacial score (nSPS) is 27.4. The second kappa shape index (κ2) is 7.44. The van der Waals surface area contributed by atoms with Gasteiger partial charge in [0.05, 0.1) is 6.04 Å². The van der Waals surface area contributed by atoms with Crippen molar-refractivity contribution in [3.63, 3.8) is 0 Å². The van der Waals surface area contributed by atoms with Crippen molar-refractivity contribution in [1.82, 2.24) is 0 Å². The highest BCUT2D eigenvalue weighted by Gasteiger charge is 2.53. The van der Waals surface area contributed by atoms with Gasteiger partial charge in [0.2, 0.25) is 0 Å². The Morgan fingerprint density at radius 3 is 2.53 bits per heavy atom. The van der Waals surface area contributed by atoms with E-state index in [-0.39, 0.29) is 17.6 Å². The number of benzene rings is 3. The molecule has 0 saturated heterocycles. The van der Waals surface area contributed by atoms with Gasteiger partial charge < -0.3 is 10.6 Å². The van der Waals surface area contributed by atoms with Gasteiger partial charge in [-0.2, -0.15) is 0 Å². The summed E-state index contributed by atoms with van der Waals surface area (Å²) in [6, 6.07) is 20.1. The molecule has 0 radical (unpaired) electrons. The topological polar surface area (TPSA) is 41.1 Å². The number of carbonyl (C=O) groups excluding carboxylic acids is 1. The fourth-order valence-corrected chi connectivity index (χ4v) is 6.39. The molecular weight excluding hydrogens is 406 g/mol. The third kappa shape index (κ3) is 3.10. The molecule has 3 nitrogen and oxygen atoms in total. The maximum Gasteiger partial charge on any atom is 0.255 e. The molecule has 3 aromatic carbocycles. The van der Waals surface area contributed by atoms with Crippen LogP contribution in [0.5, 0.6) is 0 Å². The molecule has 3 aliphatic rings. The molecule has 1 heterocycles. The molecule has 3 aromatic rings. The van der Waals surface area contributed by atoms with Gasteiger partial charge in [0.1, 0.15) is 0 Å². The minimum Gasteiger partial charge on any atom is -0.378 e. The molecule has 0 unspecified atom stereocenters. The van der Waals surface area contributed by atoms with Crippen molar-refractivity contribution in [3.05, 3.63) is 95.1 Å². The van der Waals surface area contributed by atoms with Crippen LogP contribution in [0.3, 0.4) is 0 Å². The van der Waals surface area contributed by atoms with Gasteiger partial charge in [-0.25, -0.2) is 8.78 Å². The summed E-state index contributed by atoms with van der Waals surface area (Å²) in [4.78, 5) is 12.9. The van der Waals surface area contributed by atoms with E-state index < -0.39 is 11.6 Å². The number of halogens is 2. The van der Waals surface area contributed by atoms with E-state index in [2.05, 4.69) is 41.0 Å². The van der Waals surface area contributed by atoms with E-state index in [0.717, 1.165) is 17.8 Å². The zero-order valence-corrected chi connectivity index (χ0v) is 17.5. The first-order valence-corrected chi connectivity index (χ1v) is 11.3. The van der Waals surface area contributed by atoms with Crippen molar-refractivity contribution in [2.24, 2.45) is 17.8 Å². The highest BCUT2D eigenvalue weighted by Crippen LogP contribution is 2.63. The Morgan fingerprint density at radius 1 is 0.906 bits per heavy atom. The third-order valence-electron chi connectivity index (χ3n) is 7.69. The number of fused-ring (bicyclic) bond motifs is 7. The van der Waals surface area contributed by atoms with Crippen molar-refractivity contribution >= 4 is 17.3 Å². The Kier molecular flexibility index (Phi) is 4.53. The van der Waals surface area contributed by atoms with Crippen molar-refractivity contribution in [2.45, 2.75) is 31.2 Å². The number of hydrogen-bond donors (Lipinski definition) is 2. The van der Waals surface area contributed by atoms with Crippen LogP contribution < -0.4 is 10.6 Å². The molecule has 5 atom stereocenters. The van der Waals surface area contributed by atoms with E-state index >= 15 is 0 Å². The smallest absolute Gasteiger partial charge is 0.255 e. The molecule has 2 aliphatic carbocycles. The highest BCUT2D eigenvalue weighted by molar-refractivity contribution is 6.04. The summed E-state index contributed by atoms with van der Waals surface area (Å²) in [5, 5.41) is 6.47. The molecule has 162 valence electrons. The second-order valence-corrected chi connectivity index (χ2v) is 9.35. The number of hydrogen-bond acceptors (Lipinski definition) is 2. The molecule has 32 heavy (non-hydrogen) atoms. The zero-order valence-electron chi connectivity index (χ0n) is 17.5. The molecule has 1 aliphatic heterocycles. The quantitative estimate of drug-likeness (QED) is 0.497. The lowest BCUT2D eigenvalue weighted by Crippen LogP contribution is -2.35. The van der Waals surface area contributed by atoms with Crippen LogP contribution in [0.15, 0.2) is 66.7 Å². The molecule has 2 saturated carbocycles. The Hall–Kier alpha value is -3.21. The molecule has 5 heteroatoms. The van der Waals surface area contributed by atoms with Crippen LogP contribution in [0.2, 0.25) is 0 Å². The molecule has 6 rings (SSSR count). The standard InChI is InChI=1S/C27H24F2N2O/c28-21-10-9-19(14-22(21)29)30-27(32)18-8-11-23-20(13-18)24-16-6-7-17(12-16)25(24)26(31-23)15-4-2-1-3-5-15/h1-5,8-11,13-14,16-17,24-26,31H,6-7,12H2,(H,30,32)/t16-,17+,24-,25+,26-/m1/s1. The minimum absolute atomic E-state index is 0.242. The first-order chi connectivity index (χ1) is 15.6. The van der Waals surface area contributed by atoms with Gasteiger partial charge in [-0.1, -0.05) is 30.3 Å². The van der Waals surface area contributed by atoms with Gasteiger partial charge in [-0.3, -0.25) is 4.79 Å². The summed E-state index contributed by atoms with van der Waals surface area (Å²) in [5.74, 6) is 0.0903. The Morgan fingerprint density at radius 2 is 1.72 bits per heavy atom. The molecule has 1 amide bonds. The monoisotopic (exact) mass is 430 g/mol. The lowest BCUT2D eigenvalue weighted by Gasteiger charge is -2.43. The fourth-order valence-electron chi connectivity index (χ4n) is 6.39. The molecular formula is C27H24F2N2O. The Bertz CT molecular complexity index is 1200. The van der Waals surface area contributed by atoms with Gasteiger partial charge in [0, 0.05) is 23.0 Å². The highest BCUT2D eigenvalue weighted by atomic mass is 19.2. The minimum atomic E-state index is -0.978. The van der Waals surface area contributed by atoms with Crippen LogP contribution >= 0.6 is 0 Å². The van der Waals surface area contributed by atoms with Crippen LogP contribution in [-0.2, 0) is 0 Å². The summed E-state index contributed by atoms with van der Waals surface area (Å²) >= 11 is 0. The van der Waals surface area contributed by atoms with Gasteiger partial charge in [-0.15, -0.1) is 0 Å². The lowest BCUT2D eigenvalue weighted by atomic mass is 9.68. The van der Waals surface area contributed by atoms with Crippen molar-refractivity contribution in [2.75, 3.05) is 10.6 Å². The SMILES string of the molecule is O=C(Nc1ccc(F)c(F)c1)c1ccc2c(c1)[C@H]1[C@@H]3CC[C@@H](C3)[C@@H]1[C@@H](c1ccccc1)N2. The average Bonchev–Trinajstić information content (AvgIpc) is 3.44. The molecule has 0 aromatic heterocycles. The van der Waals surface area contributed by atoms with Crippen molar-refractivity contribution in [3.8, 4) is 0 Å². The number of rotatable bonds is 3. The summed E-state index contributed by atoms with van der Waals surface area (Å²) in [7, 11) is 0. The van der Waals surface area contributed by atoms with Crippen molar-refractivity contribution < 1.29 is 13.6 Å². The number of amides is 1. The largest absolute Gasteiger partial charge is 0.378 e. The maximum absolute atomic E-state index is 13.5. The second-order valence-electron chi connectivity index (χ2n) is 9.35. The van der Waals surface area contributed by atoms with Crippen LogP contribution in [-0.4, -0.2) is 5.91 Å². The lowest BCUT2D eigenvalue weighted by molar-refractivity contribution is 0.102. The van der Waals surface area contributed by atoms with E-state index in [1.807, 2.05) is 12.1 Å². The third-order valence-corrected chi connectivity index (χ3v) is 7.69. The average molecular weight is 430 g/mol. The number of carbonyl (C=O) groups is 1. The summed E-state index contributed by atoms with van der Waals surface area (Å²) in [6.07, 6.45) is 3.78. The van der Waals surface area contributed by atoms with Gasteiger partial charge >= 0.3 is 0 Å².